The quantitative estimate of drug-likeness (QED) is 0.702. The fourth-order valence-corrected chi connectivity index (χ4v) is 0.989. The standard InChI is InChI=1S/C9H10O3/c10-5-4-7-2-1-3-8(6-7)9(11)12/h1-3,6,10H,4-5H2,(H,11,12). The predicted octanol–water partition coefficient (Wildman–Crippen LogP) is 0.920. The van der Waals surface area contributed by atoms with Crippen LogP contribution >= 0.6 is 0 Å². The van der Waals surface area contributed by atoms with Crippen LogP contribution in [0.4, 0.5) is 0 Å². The molecule has 0 aliphatic rings. The normalized spacial score (nSPS) is 9.75. The van der Waals surface area contributed by atoms with E-state index >= 15 is 0 Å². The van der Waals surface area contributed by atoms with Crippen molar-refractivity contribution in [1.29, 1.82) is 0 Å². The van der Waals surface area contributed by atoms with Crippen LogP contribution in [0.2, 0.25) is 0 Å². The van der Waals surface area contributed by atoms with Crippen molar-refractivity contribution in [3.8, 4) is 0 Å². The minimum absolute atomic E-state index is 0.0447. The second-order valence-electron chi connectivity index (χ2n) is 2.48. The van der Waals surface area contributed by atoms with E-state index in [0.717, 1.165) is 5.56 Å². The molecule has 0 aliphatic carbocycles. The largest absolute Gasteiger partial charge is 0.478 e. The van der Waals surface area contributed by atoms with Crippen molar-refractivity contribution in [3.05, 3.63) is 35.4 Å². The van der Waals surface area contributed by atoms with Crippen LogP contribution in [-0.4, -0.2) is 22.8 Å². The number of hydrogen-bond donors (Lipinski definition) is 2. The van der Waals surface area contributed by atoms with Crippen LogP contribution in [0.15, 0.2) is 24.3 Å². The van der Waals surface area contributed by atoms with E-state index in [2.05, 4.69) is 0 Å². The Balaban J connectivity index is 2.88. The maximum Gasteiger partial charge on any atom is 0.335 e. The summed E-state index contributed by atoms with van der Waals surface area (Å²) in [6, 6.07) is 6.57. The zero-order valence-electron chi connectivity index (χ0n) is 6.53. The van der Waals surface area contributed by atoms with Gasteiger partial charge < -0.3 is 10.2 Å². The van der Waals surface area contributed by atoms with Crippen LogP contribution in [0.3, 0.4) is 0 Å². The lowest BCUT2D eigenvalue weighted by molar-refractivity contribution is 0.0696. The third-order valence-electron chi connectivity index (χ3n) is 1.57. The molecule has 0 atom stereocenters. The first kappa shape index (κ1) is 8.74. The van der Waals surface area contributed by atoms with Gasteiger partial charge in [-0.3, -0.25) is 0 Å². The van der Waals surface area contributed by atoms with Gasteiger partial charge in [0.15, 0.2) is 0 Å². The Morgan fingerprint density at radius 1 is 1.42 bits per heavy atom. The van der Waals surface area contributed by atoms with Gasteiger partial charge in [0, 0.05) is 6.61 Å². The molecule has 1 aromatic rings. The van der Waals surface area contributed by atoms with Crippen LogP contribution < -0.4 is 0 Å². The highest BCUT2D eigenvalue weighted by Crippen LogP contribution is 2.05. The van der Waals surface area contributed by atoms with Crippen molar-refractivity contribution in [2.24, 2.45) is 0 Å². The Labute approximate surface area is 70.3 Å². The third-order valence-corrected chi connectivity index (χ3v) is 1.57. The lowest BCUT2D eigenvalue weighted by Gasteiger charge is -1.98. The van der Waals surface area contributed by atoms with Gasteiger partial charge in [0.1, 0.15) is 0 Å². The van der Waals surface area contributed by atoms with Crippen molar-refractivity contribution in [3.63, 3.8) is 0 Å². The van der Waals surface area contributed by atoms with E-state index in [4.69, 9.17) is 10.2 Å². The SMILES string of the molecule is O=C(O)c1cccc(CCO)c1. The van der Waals surface area contributed by atoms with Gasteiger partial charge in [-0.15, -0.1) is 0 Å². The Bertz CT molecular complexity index is 281. The first-order chi connectivity index (χ1) is 5.74. The highest BCUT2D eigenvalue weighted by Gasteiger charge is 2.01. The number of carboxylic acid groups (broad SMARTS) is 1. The highest BCUT2D eigenvalue weighted by atomic mass is 16.4. The van der Waals surface area contributed by atoms with Crippen LogP contribution in [0.1, 0.15) is 15.9 Å². The predicted molar refractivity (Wildman–Crippen MR) is 44.2 cm³/mol. The van der Waals surface area contributed by atoms with Gasteiger partial charge in [-0.25, -0.2) is 4.79 Å². The molecule has 0 fully saturated rings. The molecule has 0 bridgehead atoms. The van der Waals surface area contributed by atoms with Gasteiger partial charge in [-0.2, -0.15) is 0 Å². The topological polar surface area (TPSA) is 57.5 Å². The van der Waals surface area contributed by atoms with Crippen molar-refractivity contribution in [2.45, 2.75) is 6.42 Å². The lowest BCUT2D eigenvalue weighted by atomic mass is 10.1. The van der Waals surface area contributed by atoms with Crippen molar-refractivity contribution < 1.29 is 15.0 Å². The summed E-state index contributed by atoms with van der Waals surface area (Å²) in [6.07, 6.45) is 0.501. The van der Waals surface area contributed by atoms with Crippen molar-refractivity contribution in [2.75, 3.05) is 6.61 Å². The molecule has 1 rings (SSSR count). The van der Waals surface area contributed by atoms with E-state index in [1.165, 1.54) is 6.07 Å². The number of aliphatic hydroxyl groups excluding tert-OH is 1. The summed E-state index contributed by atoms with van der Waals surface area (Å²) < 4.78 is 0. The molecule has 2 N–H and O–H groups in total. The molecular formula is C9H10O3. The van der Waals surface area contributed by atoms with E-state index in [-0.39, 0.29) is 12.2 Å². The molecule has 64 valence electrons. The molecule has 1 aromatic carbocycles. The molecule has 0 saturated heterocycles. The van der Waals surface area contributed by atoms with Gasteiger partial charge >= 0.3 is 5.97 Å². The molecule has 3 nitrogen and oxygen atoms in total. The van der Waals surface area contributed by atoms with Crippen LogP contribution in [-0.2, 0) is 6.42 Å². The van der Waals surface area contributed by atoms with E-state index < -0.39 is 5.97 Å². The minimum atomic E-state index is -0.935. The number of aliphatic hydroxyl groups is 1. The maximum absolute atomic E-state index is 10.5. The van der Waals surface area contributed by atoms with Crippen LogP contribution in [0.25, 0.3) is 0 Å². The molecule has 0 amide bonds. The average Bonchev–Trinajstić information content (AvgIpc) is 2.05. The Morgan fingerprint density at radius 2 is 2.17 bits per heavy atom. The van der Waals surface area contributed by atoms with E-state index in [1.807, 2.05) is 0 Å². The number of aromatic carboxylic acids is 1. The maximum atomic E-state index is 10.5. The molecule has 3 heteroatoms. The second-order valence-corrected chi connectivity index (χ2v) is 2.48. The monoisotopic (exact) mass is 166 g/mol. The summed E-state index contributed by atoms with van der Waals surface area (Å²) in [6.45, 7) is 0.0447. The summed E-state index contributed by atoms with van der Waals surface area (Å²) in [4.78, 5) is 10.5. The molecule has 0 saturated carbocycles. The third kappa shape index (κ3) is 2.07. The molecule has 0 spiro atoms. The second kappa shape index (κ2) is 3.88. The minimum Gasteiger partial charge on any atom is -0.478 e. The van der Waals surface area contributed by atoms with E-state index in [9.17, 15) is 4.79 Å². The fourth-order valence-electron chi connectivity index (χ4n) is 0.989. The van der Waals surface area contributed by atoms with E-state index in [0.29, 0.717) is 6.42 Å². The molecule has 0 heterocycles. The van der Waals surface area contributed by atoms with Gasteiger partial charge in [-0.05, 0) is 24.1 Å². The molecule has 0 aliphatic heterocycles. The summed E-state index contributed by atoms with van der Waals surface area (Å²) in [5.74, 6) is -0.935. The molecule has 0 unspecified atom stereocenters. The molecule has 0 aromatic heterocycles. The zero-order valence-corrected chi connectivity index (χ0v) is 6.53. The summed E-state index contributed by atoms with van der Waals surface area (Å²) in [5.41, 5.74) is 1.11. The number of rotatable bonds is 3. The molecular weight excluding hydrogens is 156 g/mol. The molecule has 0 radical (unpaired) electrons. The summed E-state index contributed by atoms with van der Waals surface area (Å²) in [7, 11) is 0. The van der Waals surface area contributed by atoms with Gasteiger partial charge in [0.05, 0.1) is 5.56 Å². The zero-order chi connectivity index (χ0) is 8.97. The molecule has 12 heavy (non-hydrogen) atoms. The highest BCUT2D eigenvalue weighted by molar-refractivity contribution is 5.87. The Morgan fingerprint density at radius 3 is 2.75 bits per heavy atom. The fraction of sp³-hybridized carbons (Fsp3) is 0.222. The Hall–Kier alpha value is -1.35. The number of hydrogen-bond acceptors (Lipinski definition) is 2. The first-order valence-corrected chi connectivity index (χ1v) is 3.67. The van der Waals surface area contributed by atoms with Crippen molar-refractivity contribution in [1.82, 2.24) is 0 Å². The average molecular weight is 166 g/mol. The van der Waals surface area contributed by atoms with Gasteiger partial charge in [0.25, 0.3) is 0 Å². The van der Waals surface area contributed by atoms with E-state index in [1.54, 1.807) is 18.2 Å². The summed E-state index contributed by atoms with van der Waals surface area (Å²) in [5, 5.41) is 17.2. The first-order valence-electron chi connectivity index (χ1n) is 3.67. The smallest absolute Gasteiger partial charge is 0.335 e. The van der Waals surface area contributed by atoms with Crippen LogP contribution in [0, 0.1) is 0 Å². The Kier molecular flexibility index (Phi) is 2.82. The van der Waals surface area contributed by atoms with Gasteiger partial charge in [0.2, 0.25) is 0 Å². The lowest BCUT2D eigenvalue weighted by Crippen LogP contribution is -1.98. The van der Waals surface area contributed by atoms with Crippen molar-refractivity contribution >= 4 is 5.97 Å². The van der Waals surface area contributed by atoms with Crippen LogP contribution in [0.5, 0.6) is 0 Å². The van der Waals surface area contributed by atoms with Gasteiger partial charge in [-0.1, -0.05) is 12.1 Å². The number of carboxylic acids is 1. The number of benzene rings is 1. The summed E-state index contributed by atoms with van der Waals surface area (Å²) >= 11 is 0. The number of carbonyl (C=O) groups is 1.